The lowest BCUT2D eigenvalue weighted by atomic mass is 10.3. The van der Waals surface area contributed by atoms with Crippen LogP contribution in [0.2, 0.25) is 0 Å². The molecule has 0 aromatic heterocycles. The molecule has 0 nitrogen and oxygen atoms in total. The maximum atomic E-state index is 2.00. The van der Waals surface area contributed by atoms with Crippen LogP contribution in [0.25, 0.3) is 0 Å². The fourth-order valence-corrected chi connectivity index (χ4v) is 1.03. The molecule has 0 heteroatoms. The fourth-order valence-electron chi connectivity index (χ4n) is 1.03. The zero-order valence-corrected chi connectivity index (χ0v) is 9.24. The van der Waals surface area contributed by atoms with Crippen molar-refractivity contribution < 1.29 is 0 Å². The molecule has 0 saturated heterocycles. The van der Waals surface area contributed by atoms with E-state index in [1.807, 2.05) is 97.2 Å². The highest BCUT2D eigenvalue weighted by Gasteiger charge is 1.66. The SMILES string of the molecule is C1=C\C=C\C=C\C=C\C=C\C=C/C=C/C=C/1. The van der Waals surface area contributed by atoms with Crippen molar-refractivity contribution in [1.29, 1.82) is 0 Å². The van der Waals surface area contributed by atoms with Crippen LogP contribution in [0.5, 0.6) is 0 Å². The van der Waals surface area contributed by atoms with Crippen LogP contribution < -0.4 is 0 Å². The highest BCUT2D eigenvalue weighted by Crippen LogP contribution is 1.88. The highest BCUT2D eigenvalue weighted by atomic mass is 13.7. The summed E-state index contributed by atoms with van der Waals surface area (Å²) in [5.41, 5.74) is 0. The minimum atomic E-state index is 2.00. The molecule has 0 atom stereocenters. The lowest BCUT2D eigenvalue weighted by molar-refractivity contribution is 1.81. The van der Waals surface area contributed by atoms with Gasteiger partial charge in [-0.2, -0.15) is 0 Å². The quantitative estimate of drug-likeness (QED) is 0.551. The van der Waals surface area contributed by atoms with E-state index in [0.717, 1.165) is 0 Å². The Bertz CT molecular complexity index is 242. The van der Waals surface area contributed by atoms with E-state index in [4.69, 9.17) is 0 Å². The second-order valence-electron chi connectivity index (χ2n) is 3.08. The van der Waals surface area contributed by atoms with Crippen molar-refractivity contribution in [2.45, 2.75) is 0 Å². The summed E-state index contributed by atoms with van der Waals surface area (Å²) in [6.45, 7) is 0. The van der Waals surface area contributed by atoms with E-state index in [2.05, 4.69) is 0 Å². The molecule has 0 fully saturated rings. The van der Waals surface area contributed by atoms with Crippen LogP contribution in [0.3, 0.4) is 0 Å². The van der Waals surface area contributed by atoms with E-state index in [1.165, 1.54) is 0 Å². The molecule has 16 heavy (non-hydrogen) atoms. The summed E-state index contributed by atoms with van der Waals surface area (Å²) in [6, 6.07) is 0. The first-order valence-corrected chi connectivity index (χ1v) is 5.33. The summed E-state index contributed by atoms with van der Waals surface area (Å²) in [6.07, 6.45) is 32.0. The topological polar surface area (TPSA) is 0 Å². The first-order chi connectivity index (χ1) is 8.00. The molecule has 1 aliphatic rings. The Hall–Kier alpha value is -2.08. The Morgan fingerprint density at radius 3 is 0.250 bits per heavy atom. The van der Waals surface area contributed by atoms with Gasteiger partial charge in [-0.05, 0) is 0 Å². The first kappa shape index (κ1) is 12.0. The zero-order valence-electron chi connectivity index (χ0n) is 9.24. The standard InChI is InChI=1S/C16H16/c1-2-4-6-8-10-12-14-16-15-13-11-9-7-5-3-1/h1-16H/b2-1-,3-1?,4-2?,5-3+,6-4+,7-5?,8-6?,9-7+,10-8+,11-9?,12-10?,13-11-,14-12+,15-13?,16-14?,16-15+. The Kier molecular flexibility index (Phi) is 7.10. The molecule has 80 valence electrons. The van der Waals surface area contributed by atoms with Gasteiger partial charge in [0.25, 0.3) is 0 Å². The van der Waals surface area contributed by atoms with Gasteiger partial charge in [0.05, 0.1) is 0 Å². The minimum absolute atomic E-state index is 2.00. The molecule has 0 aromatic carbocycles. The van der Waals surface area contributed by atoms with Crippen LogP contribution in [-0.4, -0.2) is 0 Å². The number of allylic oxidation sites excluding steroid dienone is 16. The number of hydrogen-bond acceptors (Lipinski definition) is 0. The third-order valence-electron chi connectivity index (χ3n) is 1.78. The molecule has 0 unspecified atom stereocenters. The molecule has 0 aliphatic heterocycles. The summed E-state index contributed by atoms with van der Waals surface area (Å²) in [5, 5.41) is 0. The van der Waals surface area contributed by atoms with Gasteiger partial charge in [0.2, 0.25) is 0 Å². The normalized spacial score (nSPS) is 32.0. The van der Waals surface area contributed by atoms with E-state index < -0.39 is 0 Å². The molecular formula is C16H16. The van der Waals surface area contributed by atoms with Gasteiger partial charge in [-0.15, -0.1) is 0 Å². The molecule has 0 heterocycles. The Morgan fingerprint density at radius 2 is 0.188 bits per heavy atom. The summed E-state index contributed by atoms with van der Waals surface area (Å²) in [5.74, 6) is 0. The summed E-state index contributed by atoms with van der Waals surface area (Å²) in [4.78, 5) is 0. The van der Waals surface area contributed by atoms with Gasteiger partial charge in [-0.3, -0.25) is 0 Å². The second-order valence-corrected chi connectivity index (χ2v) is 3.08. The number of hydrogen-bond donors (Lipinski definition) is 0. The fraction of sp³-hybridized carbons (Fsp3) is 0. The van der Waals surface area contributed by atoms with Crippen molar-refractivity contribution in [3.63, 3.8) is 0 Å². The molecular weight excluding hydrogens is 192 g/mol. The zero-order chi connectivity index (χ0) is 11.3. The third kappa shape index (κ3) is 7.34. The monoisotopic (exact) mass is 208 g/mol. The second kappa shape index (κ2) is 9.47. The predicted octanol–water partition coefficient (Wildman–Crippen LogP) is 4.45. The Morgan fingerprint density at radius 1 is 0.125 bits per heavy atom. The van der Waals surface area contributed by atoms with Crippen LogP contribution >= 0.6 is 0 Å². The number of rotatable bonds is 0. The maximum Gasteiger partial charge on any atom is -0.0623 e. The lowest BCUT2D eigenvalue weighted by Crippen LogP contribution is -1.55. The summed E-state index contributed by atoms with van der Waals surface area (Å²) in [7, 11) is 0. The smallest absolute Gasteiger partial charge is 0.0623 e. The molecule has 0 saturated carbocycles. The van der Waals surface area contributed by atoms with Gasteiger partial charge in [0, 0.05) is 0 Å². The van der Waals surface area contributed by atoms with Gasteiger partial charge in [0.15, 0.2) is 0 Å². The summed E-state index contributed by atoms with van der Waals surface area (Å²) < 4.78 is 0. The molecule has 1 aliphatic carbocycles. The van der Waals surface area contributed by atoms with Gasteiger partial charge in [-0.25, -0.2) is 0 Å². The Balaban J connectivity index is 2.67. The van der Waals surface area contributed by atoms with Crippen LogP contribution in [0.1, 0.15) is 0 Å². The van der Waals surface area contributed by atoms with Gasteiger partial charge in [-0.1, -0.05) is 97.2 Å². The van der Waals surface area contributed by atoms with Gasteiger partial charge < -0.3 is 0 Å². The molecule has 0 radical (unpaired) electrons. The van der Waals surface area contributed by atoms with Crippen LogP contribution in [0, 0.1) is 0 Å². The van der Waals surface area contributed by atoms with E-state index >= 15 is 0 Å². The van der Waals surface area contributed by atoms with Crippen molar-refractivity contribution in [3.8, 4) is 0 Å². The van der Waals surface area contributed by atoms with Crippen LogP contribution in [-0.2, 0) is 0 Å². The van der Waals surface area contributed by atoms with Crippen molar-refractivity contribution in [3.05, 3.63) is 97.2 Å². The van der Waals surface area contributed by atoms with E-state index in [-0.39, 0.29) is 0 Å². The predicted molar refractivity (Wildman–Crippen MR) is 73.1 cm³/mol. The lowest BCUT2D eigenvalue weighted by Gasteiger charge is -1.77. The molecule has 0 aromatic rings. The highest BCUT2D eigenvalue weighted by molar-refractivity contribution is 5.23. The third-order valence-corrected chi connectivity index (χ3v) is 1.78. The average Bonchev–Trinajstić information content (AvgIpc) is 2.29. The molecule has 0 spiro atoms. The minimum Gasteiger partial charge on any atom is -0.0623 e. The van der Waals surface area contributed by atoms with Crippen molar-refractivity contribution >= 4 is 0 Å². The van der Waals surface area contributed by atoms with E-state index in [9.17, 15) is 0 Å². The van der Waals surface area contributed by atoms with Crippen LogP contribution in [0.4, 0.5) is 0 Å². The Labute approximate surface area is 97.7 Å². The maximum absolute atomic E-state index is 2.00. The average molecular weight is 208 g/mol. The van der Waals surface area contributed by atoms with Crippen LogP contribution in [0.15, 0.2) is 97.2 Å². The summed E-state index contributed by atoms with van der Waals surface area (Å²) >= 11 is 0. The van der Waals surface area contributed by atoms with Crippen molar-refractivity contribution in [2.24, 2.45) is 0 Å². The van der Waals surface area contributed by atoms with Gasteiger partial charge >= 0.3 is 0 Å². The molecule has 0 amide bonds. The molecule has 0 N–H and O–H groups in total. The van der Waals surface area contributed by atoms with E-state index in [1.54, 1.807) is 0 Å². The molecule has 0 bridgehead atoms. The largest absolute Gasteiger partial charge is 0.0623 e. The van der Waals surface area contributed by atoms with E-state index in [0.29, 0.717) is 0 Å². The van der Waals surface area contributed by atoms with Gasteiger partial charge in [0.1, 0.15) is 0 Å². The van der Waals surface area contributed by atoms with Crippen molar-refractivity contribution in [2.75, 3.05) is 0 Å². The molecule has 1 rings (SSSR count). The first-order valence-electron chi connectivity index (χ1n) is 5.33. The van der Waals surface area contributed by atoms with Crippen molar-refractivity contribution in [1.82, 2.24) is 0 Å².